The van der Waals surface area contributed by atoms with Crippen molar-refractivity contribution < 1.29 is 20.5 Å². The summed E-state index contributed by atoms with van der Waals surface area (Å²) in [5.74, 6) is 0. The van der Waals surface area contributed by atoms with Gasteiger partial charge in [0.2, 0.25) is 0 Å². The van der Waals surface area contributed by atoms with Crippen LogP contribution >= 0.6 is 0 Å². The van der Waals surface area contributed by atoms with E-state index in [4.69, 9.17) is 15.4 Å². The SMILES string of the molecule is [2H]C([2H])(O)C([2H])([2H])C([2H])([2H])C([2H])([2H])O[Si](C)(C)C(C)(C)C. The lowest BCUT2D eigenvalue weighted by molar-refractivity contribution is 0.242. The van der Waals surface area contributed by atoms with E-state index < -0.39 is 39.2 Å². The topological polar surface area (TPSA) is 29.5 Å². The maximum absolute atomic E-state index is 9.21. The number of hydrogen-bond acceptors (Lipinski definition) is 2. The molecule has 0 spiro atoms. The third-order valence-corrected chi connectivity index (χ3v) is 6.51. The molecule has 0 aliphatic rings. The summed E-state index contributed by atoms with van der Waals surface area (Å²) in [6.45, 7) is 2.12. The Balaban J connectivity index is 5.71. The Morgan fingerprint density at radius 1 is 1.31 bits per heavy atom. The van der Waals surface area contributed by atoms with E-state index in [1.54, 1.807) is 13.1 Å². The third kappa shape index (κ3) is 4.79. The second-order valence-electron chi connectivity index (χ2n) is 4.33. The first kappa shape index (κ1) is 4.77. The summed E-state index contributed by atoms with van der Waals surface area (Å²) in [7, 11) is -2.77. The van der Waals surface area contributed by atoms with Gasteiger partial charge in [-0.1, -0.05) is 20.8 Å². The normalized spacial score (nSPS) is 26.9. The van der Waals surface area contributed by atoms with E-state index in [9.17, 15) is 5.11 Å². The van der Waals surface area contributed by atoms with Crippen LogP contribution in [0.25, 0.3) is 0 Å². The van der Waals surface area contributed by atoms with Crippen molar-refractivity contribution in [3.63, 3.8) is 0 Å². The Labute approximate surface area is 94.7 Å². The Hall–Kier alpha value is 0.137. The van der Waals surface area contributed by atoms with Gasteiger partial charge >= 0.3 is 0 Å². The summed E-state index contributed by atoms with van der Waals surface area (Å²) in [5.41, 5.74) is 0. The van der Waals surface area contributed by atoms with Gasteiger partial charge in [0.25, 0.3) is 0 Å². The van der Waals surface area contributed by atoms with Gasteiger partial charge in [-0.05, 0) is 30.9 Å². The maximum Gasteiger partial charge on any atom is 0.191 e. The first-order valence-electron chi connectivity index (χ1n) is 8.13. The van der Waals surface area contributed by atoms with Crippen LogP contribution in [0.15, 0.2) is 0 Å². The molecule has 0 atom stereocenters. The molecule has 0 aliphatic heterocycles. The molecule has 0 aromatic rings. The Morgan fingerprint density at radius 2 is 1.85 bits per heavy atom. The Morgan fingerprint density at radius 3 is 2.23 bits per heavy atom. The zero-order valence-electron chi connectivity index (χ0n) is 16.9. The van der Waals surface area contributed by atoms with Gasteiger partial charge in [-0.3, -0.25) is 0 Å². The van der Waals surface area contributed by atoms with E-state index in [0.29, 0.717) is 0 Å². The van der Waals surface area contributed by atoms with E-state index in [-0.39, 0.29) is 0 Å². The molecule has 0 heterocycles. The molecule has 0 radical (unpaired) electrons. The average molecular weight is 212 g/mol. The van der Waals surface area contributed by atoms with Crippen LogP contribution in [0.4, 0.5) is 0 Å². The van der Waals surface area contributed by atoms with Gasteiger partial charge in [-0.25, -0.2) is 0 Å². The van der Waals surface area contributed by atoms with E-state index >= 15 is 0 Å². The van der Waals surface area contributed by atoms with Crippen molar-refractivity contribution in [1.82, 2.24) is 0 Å². The lowest BCUT2D eigenvalue weighted by Crippen LogP contribution is -2.40. The molecular weight excluding hydrogens is 180 g/mol. The highest BCUT2D eigenvalue weighted by Crippen LogP contribution is 2.36. The molecular formula is C10H24O2Si. The van der Waals surface area contributed by atoms with Crippen LogP contribution in [-0.2, 0) is 4.43 Å². The van der Waals surface area contributed by atoms with Crippen LogP contribution in [0, 0.1) is 0 Å². The molecule has 0 fully saturated rings. The zero-order chi connectivity index (χ0) is 17.7. The summed E-state index contributed by atoms with van der Waals surface area (Å²) < 4.78 is 65.2. The fraction of sp³-hybridized carbons (Fsp3) is 1.00. The molecule has 0 rings (SSSR count). The predicted molar refractivity (Wildman–Crippen MR) is 59.5 cm³/mol. The second kappa shape index (κ2) is 5.13. The van der Waals surface area contributed by atoms with Crippen molar-refractivity contribution in [1.29, 1.82) is 0 Å². The van der Waals surface area contributed by atoms with Crippen molar-refractivity contribution in [3.8, 4) is 0 Å². The van der Waals surface area contributed by atoms with Crippen molar-refractivity contribution in [2.75, 3.05) is 13.1 Å². The highest BCUT2D eigenvalue weighted by atomic mass is 28.4. The van der Waals surface area contributed by atoms with Gasteiger partial charge in [-0.15, -0.1) is 0 Å². The molecule has 1 N–H and O–H groups in total. The molecule has 0 aromatic carbocycles. The quantitative estimate of drug-likeness (QED) is 0.710. The minimum absolute atomic E-state index is 0.443. The van der Waals surface area contributed by atoms with Crippen molar-refractivity contribution in [2.45, 2.75) is 51.6 Å². The summed E-state index contributed by atoms with van der Waals surface area (Å²) in [6, 6.07) is 0. The molecule has 80 valence electrons. The van der Waals surface area contributed by atoms with E-state index in [1.807, 2.05) is 20.8 Å². The van der Waals surface area contributed by atoms with Gasteiger partial charge in [0.05, 0.1) is 5.48 Å². The van der Waals surface area contributed by atoms with Crippen LogP contribution < -0.4 is 0 Å². The molecule has 0 saturated heterocycles. The molecule has 3 heteroatoms. The van der Waals surface area contributed by atoms with Gasteiger partial charge < -0.3 is 9.53 Å². The smallest absolute Gasteiger partial charge is 0.191 e. The van der Waals surface area contributed by atoms with Gasteiger partial charge in [0.15, 0.2) is 8.32 Å². The van der Waals surface area contributed by atoms with E-state index in [1.165, 1.54) is 0 Å². The minimum Gasteiger partial charge on any atom is -0.417 e. The van der Waals surface area contributed by atoms with Crippen LogP contribution in [0.1, 0.15) is 44.5 Å². The van der Waals surface area contributed by atoms with Crippen LogP contribution in [-0.4, -0.2) is 26.5 Å². The maximum atomic E-state index is 9.21. The zero-order valence-corrected chi connectivity index (χ0v) is 9.86. The summed E-state index contributed by atoms with van der Waals surface area (Å²) in [4.78, 5) is 0. The van der Waals surface area contributed by atoms with Crippen LogP contribution in [0.3, 0.4) is 0 Å². The number of hydrogen-bond donors (Lipinski definition) is 1. The van der Waals surface area contributed by atoms with Crippen LogP contribution in [0.2, 0.25) is 18.1 Å². The van der Waals surface area contributed by atoms with Crippen molar-refractivity contribution >= 4 is 8.32 Å². The molecule has 0 saturated carbocycles. The largest absolute Gasteiger partial charge is 0.417 e. The lowest BCUT2D eigenvalue weighted by Gasteiger charge is -2.36. The van der Waals surface area contributed by atoms with Crippen molar-refractivity contribution in [2.24, 2.45) is 0 Å². The first-order valence-corrected chi connectivity index (χ1v) is 7.04. The molecule has 0 amide bonds. The van der Waals surface area contributed by atoms with Gasteiger partial charge in [0, 0.05) is 18.6 Å². The monoisotopic (exact) mass is 212 g/mol. The molecule has 2 nitrogen and oxygen atoms in total. The third-order valence-electron chi connectivity index (χ3n) is 2.28. The van der Waals surface area contributed by atoms with Crippen molar-refractivity contribution in [3.05, 3.63) is 0 Å². The summed E-state index contributed by atoms with van der Waals surface area (Å²) in [6.07, 6.45) is -6.89. The summed E-state index contributed by atoms with van der Waals surface area (Å²) >= 11 is 0. The molecule has 0 aliphatic carbocycles. The summed E-state index contributed by atoms with van der Waals surface area (Å²) in [5, 5.41) is 8.77. The number of rotatable bonds is 5. The standard InChI is InChI=1S/C10H24O2Si/c1-10(2,3)13(4,5)12-9-7-6-8-11/h11H,6-9H2,1-5H3/i6D2,7D2,8D2,9D2. The first-order chi connectivity index (χ1) is 8.71. The fourth-order valence-electron chi connectivity index (χ4n) is 0.360. The van der Waals surface area contributed by atoms with Gasteiger partial charge in [0.1, 0.15) is 0 Å². The lowest BCUT2D eigenvalue weighted by atomic mass is 10.2. The highest BCUT2D eigenvalue weighted by Gasteiger charge is 2.36. The number of aliphatic hydroxyl groups is 1. The average Bonchev–Trinajstić information content (AvgIpc) is 2.11. The fourth-order valence-corrected chi connectivity index (χ4v) is 0.972. The van der Waals surface area contributed by atoms with E-state index in [0.717, 1.165) is 0 Å². The molecule has 0 bridgehead atoms. The highest BCUT2D eigenvalue weighted by molar-refractivity contribution is 6.74. The minimum atomic E-state index is -3.55. The van der Waals surface area contributed by atoms with E-state index in [2.05, 4.69) is 0 Å². The molecule has 0 aromatic heterocycles. The molecule has 13 heavy (non-hydrogen) atoms. The Bertz CT molecular complexity index is 383. The molecule has 0 unspecified atom stereocenters. The van der Waals surface area contributed by atoms with Gasteiger partial charge in [-0.2, -0.15) is 0 Å². The second-order valence-corrected chi connectivity index (χ2v) is 9.05. The Kier molecular flexibility index (Phi) is 1.88. The van der Waals surface area contributed by atoms with Crippen LogP contribution in [0.5, 0.6) is 0 Å². The predicted octanol–water partition coefficient (Wildman–Crippen LogP) is 2.78.